The van der Waals surface area contributed by atoms with E-state index in [1.807, 2.05) is 0 Å². The average Bonchev–Trinajstić information content (AvgIpc) is 2.78. The van der Waals surface area contributed by atoms with E-state index in [0.717, 1.165) is 3.70 Å². The van der Waals surface area contributed by atoms with E-state index < -0.39 is 14.6 Å². The van der Waals surface area contributed by atoms with Crippen molar-refractivity contribution in [2.75, 3.05) is 13.7 Å². The minimum absolute atomic E-state index is 0.104. The molecular weight excluding hydrogens is 407 g/mol. The van der Waals surface area contributed by atoms with Crippen molar-refractivity contribution in [3.63, 3.8) is 0 Å². The van der Waals surface area contributed by atoms with Crippen LogP contribution < -0.4 is 4.74 Å². The van der Waals surface area contributed by atoms with Gasteiger partial charge in [-0.1, -0.05) is 0 Å². The number of fused-ring (bicyclic) bond motifs is 1. The van der Waals surface area contributed by atoms with E-state index in [4.69, 9.17) is 9.84 Å². The Balaban J connectivity index is 2.72. The van der Waals surface area contributed by atoms with E-state index in [9.17, 15) is 8.42 Å². The van der Waals surface area contributed by atoms with Crippen molar-refractivity contribution < 1.29 is 18.3 Å². The number of pyridine rings is 1. The largest absolute Gasteiger partial charge is 0.495 e. The fraction of sp³-hybridized carbons (Fsp3) is 0.462. The third-order valence-corrected chi connectivity index (χ3v) is 6.82. The molecule has 0 amide bonds. The fourth-order valence-corrected chi connectivity index (χ4v) is 4.15. The first-order valence-corrected chi connectivity index (χ1v) is 8.87. The number of ether oxygens (including phenoxy) is 1. The molecule has 2 rings (SSSR count). The molecule has 2 aromatic rings. The molecule has 0 aliphatic rings. The standard InChI is InChI=1S/C13H17IN2O4S/c1-13(2,4-5-17)21(18,19)10-8-16-11(14)7-15-12(16)6-9(10)20-3/h6-8,17H,4-5H2,1-3H3. The molecule has 0 radical (unpaired) electrons. The normalized spacial score (nSPS) is 12.8. The molecule has 0 unspecified atom stereocenters. The third-order valence-electron chi connectivity index (χ3n) is 3.48. The lowest BCUT2D eigenvalue weighted by Crippen LogP contribution is -2.33. The van der Waals surface area contributed by atoms with E-state index in [0.29, 0.717) is 5.65 Å². The lowest BCUT2D eigenvalue weighted by molar-refractivity contribution is 0.272. The van der Waals surface area contributed by atoms with Gasteiger partial charge >= 0.3 is 0 Å². The van der Waals surface area contributed by atoms with Crippen LogP contribution in [-0.4, -0.2) is 41.4 Å². The van der Waals surface area contributed by atoms with Gasteiger partial charge in [-0.05, 0) is 42.9 Å². The average molecular weight is 424 g/mol. The molecule has 0 aromatic carbocycles. The molecule has 0 bridgehead atoms. The molecule has 0 aliphatic carbocycles. The summed E-state index contributed by atoms with van der Waals surface area (Å²) in [5.41, 5.74) is 0.621. The number of aromatic nitrogens is 2. The van der Waals surface area contributed by atoms with Gasteiger partial charge in [0.1, 0.15) is 20.0 Å². The first-order chi connectivity index (χ1) is 9.74. The Morgan fingerprint density at radius 2 is 2.14 bits per heavy atom. The van der Waals surface area contributed by atoms with E-state index in [1.54, 1.807) is 30.5 Å². The van der Waals surface area contributed by atoms with Gasteiger partial charge < -0.3 is 9.84 Å². The second-order valence-corrected chi connectivity index (χ2v) is 8.91. The lowest BCUT2D eigenvalue weighted by atomic mass is 10.1. The summed E-state index contributed by atoms with van der Waals surface area (Å²) >= 11 is 2.08. The number of aliphatic hydroxyl groups excluding tert-OH is 1. The summed E-state index contributed by atoms with van der Waals surface area (Å²) in [6.45, 7) is 3.00. The second kappa shape index (κ2) is 5.73. The molecule has 6 nitrogen and oxygen atoms in total. The Morgan fingerprint density at radius 1 is 1.48 bits per heavy atom. The summed E-state index contributed by atoms with van der Waals surface area (Å²) in [5, 5.41) is 9.11. The maximum Gasteiger partial charge on any atom is 0.188 e. The van der Waals surface area contributed by atoms with E-state index in [-0.39, 0.29) is 23.7 Å². The van der Waals surface area contributed by atoms with E-state index in [1.165, 1.54) is 13.3 Å². The number of nitrogens with zero attached hydrogens (tertiary/aromatic N) is 2. The number of hydrogen-bond acceptors (Lipinski definition) is 5. The maximum absolute atomic E-state index is 12.9. The van der Waals surface area contributed by atoms with Gasteiger partial charge in [-0.3, -0.25) is 4.40 Å². The summed E-state index contributed by atoms with van der Waals surface area (Å²) < 4.78 is 32.4. The van der Waals surface area contributed by atoms with Crippen LogP contribution in [0.2, 0.25) is 0 Å². The smallest absolute Gasteiger partial charge is 0.188 e. The van der Waals surface area contributed by atoms with Crippen molar-refractivity contribution in [2.45, 2.75) is 29.9 Å². The highest BCUT2D eigenvalue weighted by molar-refractivity contribution is 14.1. The lowest BCUT2D eigenvalue weighted by Gasteiger charge is -2.25. The molecule has 0 atom stereocenters. The van der Waals surface area contributed by atoms with Gasteiger partial charge in [-0.2, -0.15) is 0 Å². The molecule has 0 spiro atoms. The van der Waals surface area contributed by atoms with Crippen LogP contribution in [0, 0.1) is 3.70 Å². The van der Waals surface area contributed by atoms with Crippen molar-refractivity contribution in [1.29, 1.82) is 0 Å². The molecule has 8 heteroatoms. The Bertz CT molecular complexity index is 768. The van der Waals surface area contributed by atoms with Gasteiger partial charge in [-0.25, -0.2) is 13.4 Å². The molecule has 0 saturated carbocycles. The van der Waals surface area contributed by atoms with Crippen molar-refractivity contribution in [3.8, 4) is 5.75 Å². The number of sulfone groups is 1. The predicted molar refractivity (Wildman–Crippen MR) is 87.4 cm³/mol. The topological polar surface area (TPSA) is 80.9 Å². The Hall–Kier alpha value is -0.870. The molecule has 2 aromatic heterocycles. The quantitative estimate of drug-likeness (QED) is 0.742. The van der Waals surface area contributed by atoms with Crippen molar-refractivity contribution in [1.82, 2.24) is 9.38 Å². The van der Waals surface area contributed by atoms with Gasteiger partial charge in [0.15, 0.2) is 9.84 Å². The molecule has 116 valence electrons. The summed E-state index contributed by atoms with van der Waals surface area (Å²) in [7, 11) is -2.24. The Labute approximate surface area is 137 Å². The van der Waals surface area contributed by atoms with Gasteiger partial charge in [0, 0.05) is 18.9 Å². The van der Waals surface area contributed by atoms with Crippen LogP contribution in [0.3, 0.4) is 0 Å². The van der Waals surface area contributed by atoms with Crippen molar-refractivity contribution in [2.24, 2.45) is 0 Å². The zero-order valence-corrected chi connectivity index (χ0v) is 15.0. The van der Waals surface area contributed by atoms with Crippen LogP contribution >= 0.6 is 22.6 Å². The minimum atomic E-state index is -3.67. The highest BCUT2D eigenvalue weighted by Gasteiger charge is 2.37. The van der Waals surface area contributed by atoms with Gasteiger partial charge in [0.05, 0.1) is 18.1 Å². The number of halogens is 1. The molecular formula is C13H17IN2O4S. The van der Waals surface area contributed by atoms with Crippen molar-refractivity contribution >= 4 is 38.1 Å². The molecule has 21 heavy (non-hydrogen) atoms. The highest BCUT2D eigenvalue weighted by Crippen LogP contribution is 2.34. The highest BCUT2D eigenvalue weighted by atomic mass is 127. The number of rotatable bonds is 5. The number of hydrogen-bond donors (Lipinski definition) is 1. The van der Waals surface area contributed by atoms with Crippen LogP contribution in [-0.2, 0) is 9.84 Å². The monoisotopic (exact) mass is 424 g/mol. The Morgan fingerprint density at radius 3 is 2.71 bits per heavy atom. The zero-order valence-electron chi connectivity index (χ0n) is 12.0. The summed E-state index contributed by atoms with van der Waals surface area (Å²) in [5.74, 6) is 0.260. The molecule has 0 aliphatic heterocycles. The number of imidazole rings is 1. The van der Waals surface area contributed by atoms with Gasteiger partial charge in [-0.15, -0.1) is 0 Å². The predicted octanol–water partition coefficient (Wildman–Crippen LogP) is 1.88. The third kappa shape index (κ3) is 2.76. The molecule has 0 fully saturated rings. The van der Waals surface area contributed by atoms with Crippen LogP contribution in [0.4, 0.5) is 0 Å². The minimum Gasteiger partial charge on any atom is -0.495 e. The number of methoxy groups -OCH3 is 1. The number of aliphatic hydroxyl groups is 1. The van der Waals surface area contributed by atoms with Crippen molar-refractivity contribution in [3.05, 3.63) is 22.2 Å². The fourth-order valence-electron chi connectivity index (χ4n) is 2.02. The second-order valence-electron chi connectivity index (χ2n) is 5.25. The molecule has 2 heterocycles. The first-order valence-electron chi connectivity index (χ1n) is 6.30. The van der Waals surface area contributed by atoms with Crippen LogP contribution in [0.15, 0.2) is 23.4 Å². The van der Waals surface area contributed by atoms with Gasteiger partial charge in [0.25, 0.3) is 0 Å². The van der Waals surface area contributed by atoms with Crippen LogP contribution in [0.1, 0.15) is 20.3 Å². The molecule has 0 saturated heterocycles. The summed E-state index contributed by atoms with van der Waals surface area (Å²) in [4.78, 5) is 4.29. The zero-order chi connectivity index (χ0) is 15.8. The summed E-state index contributed by atoms with van der Waals surface area (Å²) in [6.07, 6.45) is 3.33. The molecule has 1 N–H and O–H groups in total. The maximum atomic E-state index is 12.9. The first kappa shape index (κ1) is 16.5. The van der Waals surface area contributed by atoms with E-state index >= 15 is 0 Å². The van der Waals surface area contributed by atoms with Crippen LogP contribution in [0.5, 0.6) is 5.75 Å². The summed E-state index contributed by atoms with van der Waals surface area (Å²) in [6, 6.07) is 1.60. The van der Waals surface area contributed by atoms with Crippen LogP contribution in [0.25, 0.3) is 5.65 Å². The SMILES string of the molecule is COc1cc2ncc(I)n2cc1S(=O)(=O)C(C)(C)CCO. The Kier molecular flexibility index (Phi) is 4.50. The van der Waals surface area contributed by atoms with Gasteiger partial charge in [0.2, 0.25) is 0 Å². The van der Waals surface area contributed by atoms with E-state index in [2.05, 4.69) is 27.6 Å².